The second kappa shape index (κ2) is 9.05. The molecule has 0 spiro atoms. The third-order valence-corrected chi connectivity index (χ3v) is 5.08. The molecule has 3 N–H and O–H groups in total. The van der Waals surface area contributed by atoms with Gasteiger partial charge in [-0.05, 0) is 48.9 Å². The van der Waals surface area contributed by atoms with Crippen LogP contribution in [0, 0.1) is 17.7 Å². The molecule has 1 aliphatic rings. The van der Waals surface area contributed by atoms with E-state index in [4.69, 9.17) is 0 Å². The molecule has 28 heavy (non-hydrogen) atoms. The van der Waals surface area contributed by atoms with Gasteiger partial charge in [0.05, 0.1) is 5.92 Å². The minimum Gasteiger partial charge on any atom is -0.481 e. The number of hydrogen-bond acceptors (Lipinski definition) is 5. The minimum absolute atomic E-state index is 0.195. The fraction of sp³-hybridized carbons (Fsp3) is 0.500. The van der Waals surface area contributed by atoms with E-state index in [2.05, 4.69) is 32.0 Å². The highest BCUT2D eigenvalue weighted by atomic mass is 19.1. The van der Waals surface area contributed by atoms with E-state index in [1.807, 2.05) is 19.9 Å². The van der Waals surface area contributed by atoms with Crippen molar-refractivity contribution in [1.82, 2.24) is 25.9 Å². The zero-order chi connectivity index (χ0) is 20.1. The fourth-order valence-corrected chi connectivity index (χ4v) is 3.73. The van der Waals surface area contributed by atoms with E-state index in [-0.39, 0.29) is 11.7 Å². The van der Waals surface area contributed by atoms with Crippen molar-refractivity contribution in [2.45, 2.75) is 39.0 Å². The third-order valence-electron chi connectivity index (χ3n) is 5.08. The number of carboxylic acid groups (broad SMARTS) is 1. The van der Waals surface area contributed by atoms with Crippen LogP contribution in [-0.2, 0) is 11.2 Å². The topological polar surface area (TPSA) is 104 Å². The molecule has 0 saturated heterocycles. The molecule has 0 radical (unpaired) electrons. The number of nitrogens with zero attached hydrogens (tertiary/aromatic N) is 3. The molecule has 2 aromatic rings. The van der Waals surface area contributed by atoms with E-state index in [1.54, 1.807) is 6.07 Å². The Morgan fingerprint density at radius 3 is 2.75 bits per heavy atom. The SMILES string of the molecule is CC(C)C[C@H](C(=O)O)[C@H](Cc1ccc(C2=CCCNC2)c(F)c1)c1nn[nH]n1. The second-order valence-electron chi connectivity index (χ2n) is 7.66. The van der Waals surface area contributed by atoms with Gasteiger partial charge in [0.1, 0.15) is 5.82 Å². The number of tetrazole rings is 1. The van der Waals surface area contributed by atoms with Crippen LogP contribution in [-0.4, -0.2) is 44.8 Å². The van der Waals surface area contributed by atoms with Crippen LogP contribution in [0.2, 0.25) is 0 Å². The number of H-pyrrole nitrogens is 1. The maximum absolute atomic E-state index is 14.8. The molecule has 0 amide bonds. The average Bonchev–Trinajstić information content (AvgIpc) is 3.19. The Hall–Kier alpha value is -2.61. The van der Waals surface area contributed by atoms with E-state index in [0.29, 0.717) is 30.8 Å². The molecule has 7 nitrogen and oxygen atoms in total. The van der Waals surface area contributed by atoms with Crippen molar-refractivity contribution in [1.29, 1.82) is 0 Å². The van der Waals surface area contributed by atoms with Gasteiger partial charge in [-0.3, -0.25) is 4.79 Å². The maximum atomic E-state index is 14.8. The smallest absolute Gasteiger partial charge is 0.307 e. The highest BCUT2D eigenvalue weighted by Gasteiger charge is 2.33. The van der Waals surface area contributed by atoms with Crippen LogP contribution >= 0.6 is 0 Å². The molecule has 1 aliphatic heterocycles. The Labute approximate surface area is 163 Å². The first kappa shape index (κ1) is 20.1. The molecule has 8 heteroatoms. The van der Waals surface area contributed by atoms with Crippen LogP contribution in [0.25, 0.3) is 5.57 Å². The number of aromatic amines is 1. The van der Waals surface area contributed by atoms with Crippen LogP contribution in [0.3, 0.4) is 0 Å². The molecule has 0 bridgehead atoms. The summed E-state index contributed by atoms with van der Waals surface area (Å²) in [6.07, 6.45) is 3.75. The molecule has 2 heterocycles. The number of rotatable bonds is 8. The Kier molecular flexibility index (Phi) is 6.51. The number of carboxylic acids is 1. The summed E-state index contributed by atoms with van der Waals surface area (Å²) in [6, 6.07) is 5.12. The molecule has 2 atom stereocenters. The summed E-state index contributed by atoms with van der Waals surface area (Å²) in [5.41, 5.74) is 2.26. The van der Waals surface area contributed by atoms with Crippen molar-refractivity contribution in [3.05, 3.63) is 47.0 Å². The van der Waals surface area contributed by atoms with Crippen LogP contribution in [0.15, 0.2) is 24.3 Å². The van der Waals surface area contributed by atoms with Gasteiger partial charge in [-0.25, -0.2) is 4.39 Å². The Morgan fingerprint density at radius 1 is 1.36 bits per heavy atom. The summed E-state index contributed by atoms with van der Waals surface area (Å²) in [4.78, 5) is 11.9. The Balaban J connectivity index is 1.87. The van der Waals surface area contributed by atoms with Crippen molar-refractivity contribution in [3.63, 3.8) is 0 Å². The lowest BCUT2D eigenvalue weighted by atomic mass is 9.81. The highest BCUT2D eigenvalue weighted by Crippen LogP contribution is 2.32. The standard InChI is InChI=1S/C20H26FN5O2/c1-12(2)8-17(20(27)28)16(19-23-25-26-24-19)9-13-5-6-15(18(21)10-13)14-4-3-7-22-11-14/h4-6,10,12,16-17,22H,3,7-9,11H2,1-2H3,(H,27,28)(H,23,24,25,26)/t16-,17-/m0/s1. The monoisotopic (exact) mass is 387 g/mol. The third kappa shape index (κ3) is 4.81. The number of nitrogens with one attached hydrogen (secondary N) is 2. The molecular weight excluding hydrogens is 361 g/mol. The lowest BCUT2D eigenvalue weighted by Crippen LogP contribution is -2.26. The summed E-state index contributed by atoms with van der Waals surface area (Å²) < 4.78 is 14.8. The number of halogens is 1. The van der Waals surface area contributed by atoms with Gasteiger partial charge in [0.2, 0.25) is 0 Å². The summed E-state index contributed by atoms with van der Waals surface area (Å²) in [5.74, 6) is -1.82. The number of benzene rings is 1. The van der Waals surface area contributed by atoms with E-state index in [9.17, 15) is 14.3 Å². The van der Waals surface area contributed by atoms with Gasteiger partial charge < -0.3 is 10.4 Å². The summed E-state index contributed by atoms with van der Waals surface area (Å²) in [5, 5.41) is 27.0. The van der Waals surface area contributed by atoms with Gasteiger partial charge in [0, 0.05) is 18.0 Å². The Morgan fingerprint density at radius 2 is 2.18 bits per heavy atom. The largest absolute Gasteiger partial charge is 0.481 e. The van der Waals surface area contributed by atoms with Crippen molar-refractivity contribution >= 4 is 11.5 Å². The first-order valence-corrected chi connectivity index (χ1v) is 9.60. The number of carbonyl (C=O) groups is 1. The molecular formula is C20H26FN5O2. The zero-order valence-corrected chi connectivity index (χ0v) is 16.2. The molecule has 1 aromatic heterocycles. The maximum Gasteiger partial charge on any atom is 0.307 e. The Bertz CT molecular complexity index is 835. The van der Waals surface area contributed by atoms with Crippen molar-refractivity contribution in [3.8, 4) is 0 Å². The first-order valence-electron chi connectivity index (χ1n) is 9.60. The second-order valence-corrected chi connectivity index (χ2v) is 7.66. The molecule has 0 fully saturated rings. The predicted molar refractivity (Wildman–Crippen MR) is 103 cm³/mol. The predicted octanol–water partition coefficient (Wildman–Crippen LogP) is 2.79. The van der Waals surface area contributed by atoms with Crippen molar-refractivity contribution in [2.75, 3.05) is 13.1 Å². The van der Waals surface area contributed by atoms with Gasteiger partial charge in [0.15, 0.2) is 5.82 Å². The van der Waals surface area contributed by atoms with E-state index >= 15 is 0 Å². The summed E-state index contributed by atoms with van der Waals surface area (Å²) in [7, 11) is 0. The molecule has 1 aromatic carbocycles. The molecule has 0 saturated carbocycles. The zero-order valence-electron chi connectivity index (χ0n) is 16.2. The van der Waals surface area contributed by atoms with Gasteiger partial charge in [0.25, 0.3) is 0 Å². The van der Waals surface area contributed by atoms with Crippen molar-refractivity contribution < 1.29 is 14.3 Å². The van der Waals surface area contributed by atoms with Crippen LogP contribution in [0.5, 0.6) is 0 Å². The number of hydrogen-bond donors (Lipinski definition) is 3. The van der Waals surface area contributed by atoms with Crippen LogP contribution < -0.4 is 5.32 Å². The molecule has 3 rings (SSSR count). The van der Waals surface area contributed by atoms with Gasteiger partial charge in [-0.15, -0.1) is 10.2 Å². The minimum atomic E-state index is -0.904. The van der Waals surface area contributed by atoms with Crippen molar-refractivity contribution in [2.24, 2.45) is 11.8 Å². The fourth-order valence-electron chi connectivity index (χ4n) is 3.73. The lowest BCUT2D eigenvalue weighted by Gasteiger charge is -2.23. The molecule has 0 aliphatic carbocycles. The summed E-state index contributed by atoms with van der Waals surface area (Å²) in [6.45, 7) is 5.51. The number of aromatic nitrogens is 4. The van der Waals surface area contributed by atoms with E-state index in [0.717, 1.165) is 24.1 Å². The van der Waals surface area contributed by atoms with E-state index < -0.39 is 17.8 Å². The number of aliphatic carboxylic acids is 1. The van der Waals surface area contributed by atoms with Crippen LogP contribution in [0.4, 0.5) is 4.39 Å². The molecule has 0 unspecified atom stereocenters. The molecule has 150 valence electrons. The van der Waals surface area contributed by atoms with Gasteiger partial charge in [-0.2, -0.15) is 5.21 Å². The van der Waals surface area contributed by atoms with Gasteiger partial charge >= 0.3 is 5.97 Å². The first-order chi connectivity index (χ1) is 13.5. The van der Waals surface area contributed by atoms with Gasteiger partial charge in [-0.1, -0.05) is 37.3 Å². The van der Waals surface area contributed by atoms with E-state index in [1.165, 1.54) is 6.07 Å². The average molecular weight is 387 g/mol. The van der Waals surface area contributed by atoms with Crippen LogP contribution in [0.1, 0.15) is 49.6 Å². The lowest BCUT2D eigenvalue weighted by molar-refractivity contribution is -0.143. The highest BCUT2D eigenvalue weighted by molar-refractivity contribution is 5.71. The summed E-state index contributed by atoms with van der Waals surface area (Å²) >= 11 is 0. The normalized spacial score (nSPS) is 16.6. The quantitative estimate of drug-likeness (QED) is 0.643.